The van der Waals surface area contributed by atoms with Crippen molar-refractivity contribution in [3.63, 3.8) is 0 Å². The Labute approximate surface area is 182 Å². The van der Waals surface area contributed by atoms with E-state index >= 15 is 0 Å². The normalized spacial score (nSPS) is 21.6. The van der Waals surface area contributed by atoms with Crippen LogP contribution in [-0.4, -0.2) is 52.9 Å². The summed E-state index contributed by atoms with van der Waals surface area (Å²) in [5.74, 6) is -2.24. The van der Waals surface area contributed by atoms with E-state index in [4.69, 9.17) is 16.3 Å². The molecule has 1 aromatic heterocycles. The van der Waals surface area contributed by atoms with Gasteiger partial charge in [0.05, 0.1) is 30.7 Å². The van der Waals surface area contributed by atoms with Gasteiger partial charge in [0, 0.05) is 31.0 Å². The van der Waals surface area contributed by atoms with Crippen LogP contribution in [-0.2, 0) is 4.74 Å². The highest BCUT2D eigenvalue weighted by Gasteiger charge is 2.38. The molecule has 6 nitrogen and oxygen atoms in total. The molecule has 0 spiro atoms. The van der Waals surface area contributed by atoms with Crippen LogP contribution in [0.2, 0.25) is 5.02 Å². The van der Waals surface area contributed by atoms with Crippen LogP contribution in [0.25, 0.3) is 5.69 Å². The summed E-state index contributed by atoms with van der Waals surface area (Å²) >= 11 is 7.57. The fourth-order valence-electron chi connectivity index (χ4n) is 3.54. The van der Waals surface area contributed by atoms with Gasteiger partial charge in [-0.3, -0.25) is 4.79 Å². The monoisotopic (exact) mass is 456 g/mol. The average molecular weight is 457 g/mol. The second-order valence-corrected chi connectivity index (χ2v) is 9.16. The maximum atomic E-state index is 13.3. The van der Waals surface area contributed by atoms with Crippen molar-refractivity contribution in [1.29, 1.82) is 0 Å². The minimum Gasteiger partial charge on any atom is -0.382 e. The molecule has 2 aliphatic heterocycles. The van der Waals surface area contributed by atoms with Crippen LogP contribution in [0.1, 0.15) is 19.3 Å². The minimum atomic E-state index is -2.62. The first-order chi connectivity index (χ1) is 14.4. The molecule has 10 heteroatoms. The Morgan fingerprint density at radius 3 is 2.80 bits per heavy atom. The summed E-state index contributed by atoms with van der Waals surface area (Å²) < 4.78 is 35.0. The molecular formula is C20H23ClF2N4O2S. The van der Waals surface area contributed by atoms with Gasteiger partial charge in [-0.1, -0.05) is 11.6 Å². The van der Waals surface area contributed by atoms with E-state index in [0.717, 1.165) is 24.3 Å². The number of alkyl halides is 2. The predicted octanol–water partition coefficient (Wildman–Crippen LogP) is 4.07. The highest BCUT2D eigenvalue weighted by molar-refractivity contribution is 7.97. The van der Waals surface area contributed by atoms with Crippen molar-refractivity contribution in [3.05, 3.63) is 45.8 Å². The van der Waals surface area contributed by atoms with Gasteiger partial charge in [-0.2, -0.15) is 9.78 Å². The molecule has 2 aromatic rings. The van der Waals surface area contributed by atoms with Gasteiger partial charge in [0.15, 0.2) is 0 Å². The number of anilines is 1. The summed E-state index contributed by atoms with van der Waals surface area (Å²) in [5, 5.41) is 7.52. The lowest BCUT2D eigenvalue weighted by atomic mass is 10.0. The number of benzene rings is 1. The van der Waals surface area contributed by atoms with Crippen LogP contribution in [0, 0.1) is 5.92 Å². The molecule has 2 saturated heterocycles. The van der Waals surface area contributed by atoms with E-state index < -0.39 is 11.5 Å². The third-order valence-corrected chi connectivity index (χ3v) is 6.62. The standard InChI is InChI=1S/C20H23ClF2N4O2S/c21-18-17(24-10-14-2-1-9-29-12-14)11-25-27(19(18)28)15-3-5-16(6-4-15)30-26-8-7-20(22,23)13-26/h3-6,11,14,24H,1-2,7-10,12-13H2. The molecule has 30 heavy (non-hydrogen) atoms. The summed E-state index contributed by atoms with van der Waals surface area (Å²) in [4.78, 5) is 13.5. The molecule has 0 aliphatic carbocycles. The number of rotatable bonds is 6. The minimum absolute atomic E-state index is 0.0828. The maximum Gasteiger partial charge on any atom is 0.292 e. The van der Waals surface area contributed by atoms with E-state index in [1.54, 1.807) is 34.8 Å². The van der Waals surface area contributed by atoms with E-state index in [9.17, 15) is 13.6 Å². The Balaban J connectivity index is 1.42. The molecule has 3 heterocycles. The SMILES string of the molecule is O=c1c(Cl)c(NCC2CCCOC2)cnn1-c1ccc(SN2CCC(F)(F)C2)cc1. The van der Waals surface area contributed by atoms with Crippen molar-refractivity contribution in [1.82, 2.24) is 14.1 Å². The number of hydrogen-bond donors (Lipinski definition) is 1. The van der Waals surface area contributed by atoms with Crippen molar-refractivity contribution in [3.8, 4) is 5.69 Å². The Bertz CT molecular complexity index is 935. The Kier molecular flexibility index (Phi) is 6.62. The number of halogens is 3. The summed E-state index contributed by atoms with van der Waals surface area (Å²) in [6, 6.07) is 7.03. The molecule has 4 rings (SSSR count). The van der Waals surface area contributed by atoms with Gasteiger partial charge in [-0.15, -0.1) is 0 Å². The highest BCUT2D eigenvalue weighted by Crippen LogP contribution is 2.34. The topological polar surface area (TPSA) is 59.4 Å². The summed E-state index contributed by atoms with van der Waals surface area (Å²) in [7, 11) is 0. The third kappa shape index (κ3) is 5.14. The summed E-state index contributed by atoms with van der Waals surface area (Å²) in [6.45, 7) is 2.27. The molecular weight excluding hydrogens is 434 g/mol. The lowest BCUT2D eigenvalue weighted by Gasteiger charge is -2.22. The Morgan fingerprint density at radius 1 is 1.33 bits per heavy atom. The van der Waals surface area contributed by atoms with Crippen molar-refractivity contribution < 1.29 is 13.5 Å². The molecule has 2 fully saturated rings. The molecule has 1 aromatic carbocycles. The molecule has 2 aliphatic rings. The molecule has 0 radical (unpaired) electrons. The molecule has 162 valence electrons. The van der Waals surface area contributed by atoms with Gasteiger partial charge in [0.25, 0.3) is 11.5 Å². The van der Waals surface area contributed by atoms with Gasteiger partial charge in [0.1, 0.15) is 5.02 Å². The first-order valence-corrected chi connectivity index (χ1v) is 11.1. The van der Waals surface area contributed by atoms with Crippen molar-refractivity contribution in [2.75, 3.05) is 38.2 Å². The zero-order chi connectivity index (χ0) is 21.1. The Hall–Kier alpha value is -1.68. The van der Waals surface area contributed by atoms with Crippen LogP contribution in [0.15, 0.2) is 40.2 Å². The van der Waals surface area contributed by atoms with Gasteiger partial charge < -0.3 is 10.1 Å². The van der Waals surface area contributed by atoms with Gasteiger partial charge in [0.2, 0.25) is 0 Å². The molecule has 0 saturated carbocycles. The molecule has 1 N–H and O–H groups in total. The van der Waals surface area contributed by atoms with Gasteiger partial charge in [-0.25, -0.2) is 13.1 Å². The predicted molar refractivity (Wildman–Crippen MR) is 114 cm³/mol. The molecule has 1 atom stereocenters. The number of ether oxygens (including phenoxy) is 1. The fourth-order valence-corrected chi connectivity index (χ4v) is 4.73. The van der Waals surface area contributed by atoms with E-state index in [2.05, 4.69) is 10.4 Å². The van der Waals surface area contributed by atoms with Gasteiger partial charge >= 0.3 is 0 Å². The van der Waals surface area contributed by atoms with E-state index in [1.807, 2.05) is 0 Å². The molecule has 0 bridgehead atoms. The van der Waals surface area contributed by atoms with Crippen LogP contribution in [0.3, 0.4) is 0 Å². The lowest BCUT2D eigenvalue weighted by molar-refractivity contribution is 0.0190. The summed E-state index contributed by atoms with van der Waals surface area (Å²) in [6.07, 6.45) is 3.54. The largest absolute Gasteiger partial charge is 0.382 e. The maximum absolute atomic E-state index is 13.3. The van der Waals surface area contributed by atoms with Crippen molar-refractivity contribution in [2.45, 2.75) is 30.1 Å². The number of nitrogens with zero attached hydrogens (tertiary/aromatic N) is 3. The fraction of sp³-hybridized carbons (Fsp3) is 0.500. The third-order valence-electron chi connectivity index (χ3n) is 5.21. The molecule has 0 amide bonds. The second-order valence-electron chi connectivity index (χ2n) is 7.61. The lowest BCUT2D eigenvalue weighted by Crippen LogP contribution is -2.26. The van der Waals surface area contributed by atoms with Crippen LogP contribution in [0.4, 0.5) is 14.5 Å². The Morgan fingerprint density at radius 2 is 2.13 bits per heavy atom. The zero-order valence-corrected chi connectivity index (χ0v) is 17.9. The number of hydrogen-bond acceptors (Lipinski definition) is 6. The van der Waals surface area contributed by atoms with Crippen molar-refractivity contribution >= 4 is 29.2 Å². The number of aromatic nitrogens is 2. The first-order valence-electron chi connectivity index (χ1n) is 9.92. The zero-order valence-electron chi connectivity index (χ0n) is 16.3. The smallest absolute Gasteiger partial charge is 0.292 e. The van der Waals surface area contributed by atoms with Crippen LogP contribution >= 0.6 is 23.5 Å². The van der Waals surface area contributed by atoms with E-state index in [1.165, 1.54) is 16.6 Å². The average Bonchev–Trinajstić information content (AvgIpc) is 3.09. The quantitative estimate of drug-likeness (QED) is 0.661. The van der Waals surface area contributed by atoms with Crippen LogP contribution < -0.4 is 10.9 Å². The van der Waals surface area contributed by atoms with Crippen LogP contribution in [0.5, 0.6) is 0 Å². The van der Waals surface area contributed by atoms with E-state index in [-0.39, 0.29) is 18.0 Å². The van der Waals surface area contributed by atoms with E-state index in [0.29, 0.717) is 37.0 Å². The number of nitrogens with one attached hydrogen (secondary N) is 1. The summed E-state index contributed by atoms with van der Waals surface area (Å²) in [5.41, 5.74) is 0.650. The second kappa shape index (κ2) is 9.21. The van der Waals surface area contributed by atoms with Gasteiger partial charge in [-0.05, 0) is 55.0 Å². The van der Waals surface area contributed by atoms with Crippen molar-refractivity contribution in [2.24, 2.45) is 5.92 Å². The first kappa shape index (κ1) is 21.5. The highest BCUT2D eigenvalue weighted by atomic mass is 35.5. The molecule has 1 unspecified atom stereocenters.